The van der Waals surface area contributed by atoms with Crippen LogP contribution in [0.4, 0.5) is 0 Å². The SMILES string of the molecule is CCNC(=NCCCCn1ccccc1=O)NCCc1ccc2c(c1)CCO2. The maximum absolute atomic E-state index is 11.7. The van der Waals surface area contributed by atoms with Gasteiger partial charge in [0, 0.05) is 44.9 Å². The Kier molecular flexibility index (Phi) is 7.53. The van der Waals surface area contributed by atoms with Crippen molar-refractivity contribution in [3.05, 3.63) is 64.1 Å². The van der Waals surface area contributed by atoms with Gasteiger partial charge in [-0.05, 0) is 49.4 Å². The third-order valence-corrected chi connectivity index (χ3v) is 4.78. The number of nitrogens with one attached hydrogen (secondary N) is 2. The van der Waals surface area contributed by atoms with Gasteiger partial charge in [0.15, 0.2) is 5.96 Å². The molecule has 2 N–H and O–H groups in total. The largest absolute Gasteiger partial charge is 0.493 e. The molecule has 6 nitrogen and oxygen atoms in total. The molecule has 0 saturated carbocycles. The fourth-order valence-electron chi connectivity index (χ4n) is 3.29. The summed E-state index contributed by atoms with van der Waals surface area (Å²) in [6.45, 7) is 6.02. The maximum Gasteiger partial charge on any atom is 0.250 e. The van der Waals surface area contributed by atoms with Gasteiger partial charge in [-0.2, -0.15) is 0 Å². The van der Waals surface area contributed by atoms with E-state index in [0.29, 0.717) is 0 Å². The molecule has 1 aliphatic heterocycles. The highest BCUT2D eigenvalue weighted by atomic mass is 16.5. The molecule has 0 atom stereocenters. The van der Waals surface area contributed by atoms with E-state index in [2.05, 4.69) is 40.7 Å². The lowest BCUT2D eigenvalue weighted by atomic mass is 10.1. The number of aliphatic imine (C=N–C) groups is 1. The highest BCUT2D eigenvalue weighted by molar-refractivity contribution is 5.79. The van der Waals surface area contributed by atoms with Crippen LogP contribution in [0.15, 0.2) is 52.4 Å². The first kappa shape index (κ1) is 20.0. The zero-order chi connectivity index (χ0) is 19.6. The molecule has 0 amide bonds. The summed E-state index contributed by atoms with van der Waals surface area (Å²) >= 11 is 0. The molecule has 1 aromatic carbocycles. The summed E-state index contributed by atoms with van der Waals surface area (Å²) in [5.74, 6) is 1.88. The van der Waals surface area contributed by atoms with E-state index in [9.17, 15) is 4.79 Å². The lowest BCUT2D eigenvalue weighted by Gasteiger charge is -2.12. The van der Waals surface area contributed by atoms with Crippen LogP contribution in [-0.2, 0) is 19.4 Å². The van der Waals surface area contributed by atoms with Gasteiger partial charge in [0.05, 0.1) is 6.61 Å². The first-order chi connectivity index (χ1) is 13.8. The number of aryl methyl sites for hydroxylation is 1. The molecule has 150 valence electrons. The minimum absolute atomic E-state index is 0.0547. The molecular weight excluding hydrogens is 352 g/mol. The fraction of sp³-hybridized carbons (Fsp3) is 0.455. The second kappa shape index (κ2) is 10.5. The monoisotopic (exact) mass is 382 g/mol. The van der Waals surface area contributed by atoms with E-state index in [-0.39, 0.29) is 5.56 Å². The average Bonchev–Trinajstić information content (AvgIpc) is 3.17. The zero-order valence-corrected chi connectivity index (χ0v) is 16.6. The van der Waals surface area contributed by atoms with Crippen LogP contribution in [0.5, 0.6) is 5.75 Å². The van der Waals surface area contributed by atoms with Gasteiger partial charge in [-0.25, -0.2) is 0 Å². The molecule has 2 heterocycles. The van der Waals surface area contributed by atoms with Crippen molar-refractivity contribution in [1.82, 2.24) is 15.2 Å². The van der Waals surface area contributed by atoms with Gasteiger partial charge in [0.25, 0.3) is 0 Å². The van der Waals surface area contributed by atoms with Crippen molar-refractivity contribution in [1.29, 1.82) is 0 Å². The van der Waals surface area contributed by atoms with Crippen LogP contribution < -0.4 is 20.9 Å². The highest BCUT2D eigenvalue weighted by Crippen LogP contribution is 2.25. The van der Waals surface area contributed by atoms with Gasteiger partial charge >= 0.3 is 0 Å². The van der Waals surface area contributed by atoms with E-state index in [0.717, 1.165) is 70.2 Å². The number of rotatable bonds is 9. The Bertz CT molecular complexity index is 844. The number of hydrogen-bond acceptors (Lipinski definition) is 3. The van der Waals surface area contributed by atoms with Gasteiger partial charge in [0.1, 0.15) is 5.75 Å². The Morgan fingerprint density at radius 3 is 3.00 bits per heavy atom. The zero-order valence-electron chi connectivity index (χ0n) is 16.6. The molecule has 3 rings (SSSR count). The van der Waals surface area contributed by atoms with Gasteiger partial charge in [0.2, 0.25) is 5.56 Å². The lowest BCUT2D eigenvalue weighted by Crippen LogP contribution is -2.38. The summed E-state index contributed by atoms with van der Waals surface area (Å²) in [5, 5.41) is 6.70. The molecule has 0 bridgehead atoms. The number of benzene rings is 1. The van der Waals surface area contributed by atoms with Crippen molar-refractivity contribution in [2.24, 2.45) is 4.99 Å². The number of pyridine rings is 1. The predicted octanol–water partition coefficient (Wildman–Crippen LogP) is 2.36. The standard InChI is InChI=1S/C22H30N4O2/c1-2-23-22(24-12-4-6-15-26-14-5-3-7-21(26)27)25-13-10-18-8-9-20-19(17-18)11-16-28-20/h3,5,7-9,14,17H,2,4,6,10-13,15-16H2,1H3,(H2,23,24,25). The van der Waals surface area contributed by atoms with E-state index in [1.54, 1.807) is 16.7 Å². The molecule has 0 aliphatic carbocycles. The third kappa shape index (κ3) is 5.87. The Balaban J connectivity index is 1.40. The molecule has 1 aromatic heterocycles. The number of fused-ring (bicyclic) bond motifs is 1. The normalized spacial score (nSPS) is 13.1. The summed E-state index contributed by atoms with van der Waals surface area (Å²) in [6.07, 6.45) is 5.68. The summed E-state index contributed by atoms with van der Waals surface area (Å²) in [6, 6.07) is 11.7. The second-order valence-electron chi connectivity index (χ2n) is 6.92. The number of ether oxygens (including phenoxy) is 1. The summed E-state index contributed by atoms with van der Waals surface area (Å²) < 4.78 is 7.31. The van der Waals surface area contributed by atoms with Gasteiger partial charge in [-0.15, -0.1) is 0 Å². The van der Waals surface area contributed by atoms with Crippen LogP contribution in [0.3, 0.4) is 0 Å². The van der Waals surface area contributed by atoms with Crippen molar-refractivity contribution in [2.75, 3.05) is 26.2 Å². The molecule has 0 spiro atoms. The van der Waals surface area contributed by atoms with E-state index in [1.807, 2.05) is 12.3 Å². The van der Waals surface area contributed by atoms with E-state index >= 15 is 0 Å². The van der Waals surface area contributed by atoms with E-state index < -0.39 is 0 Å². The maximum atomic E-state index is 11.7. The van der Waals surface area contributed by atoms with Crippen molar-refractivity contribution in [3.8, 4) is 5.75 Å². The Hall–Kier alpha value is -2.76. The average molecular weight is 383 g/mol. The summed E-state index contributed by atoms with van der Waals surface area (Å²) in [7, 11) is 0. The van der Waals surface area contributed by atoms with Crippen LogP contribution in [0, 0.1) is 0 Å². The van der Waals surface area contributed by atoms with Crippen LogP contribution in [0.25, 0.3) is 0 Å². The number of hydrogen-bond donors (Lipinski definition) is 2. The Labute approximate surface area is 166 Å². The van der Waals surface area contributed by atoms with Crippen molar-refractivity contribution < 1.29 is 4.74 Å². The quantitative estimate of drug-likeness (QED) is 0.397. The number of guanidine groups is 1. The molecule has 0 saturated heterocycles. The van der Waals surface area contributed by atoms with Crippen LogP contribution in [-0.4, -0.2) is 36.8 Å². The number of nitrogens with zero attached hydrogens (tertiary/aromatic N) is 2. The molecular formula is C22H30N4O2. The topological polar surface area (TPSA) is 67.7 Å². The van der Waals surface area contributed by atoms with Crippen molar-refractivity contribution >= 4 is 5.96 Å². The molecule has 0 radical (unpaired) electrons. The Morgan fingerprint density at radius 1 is 1.21 bits per heavy atom. The number of unbranched alkanes of at least 4 members (excludes halogenated alkanes) is 1. The first-order valence-electron chi connectivity index (χ1n) is 10.2. The van der Waals surface area contributed by atoms with Gasteiger partial charge in [-0.3, -0.25) is 9.79 Å². The van der Waals surface area contributed by atoms with Crippen LogP contribution >= 0.6 is 0 Å². The smallest absolute Gasteiger partial charge is 0.250 e. The van der Waals surface area contributed by atoms with Crippen LogP contribution in [0.2, 0.25) is 0 Å². The minimum Gasteiger partial charge on any atom is -0.493 e. The van der Waals surface area contributed by atoms with E-state index in [1.165, 1.54) is 11.1 Å². The minimum atomic E-state index is 0.0547. The number of aromatic nitrogens is 1. The molecule has 28 heavy (non-hydrogen) atoms. The summed E-state index contributed by atoms with van der Waals surface area (Å²) in [5.41, 5.74) is 2.69. The van der Waals surface area contributed by atoms with Gasteiger partial charge < -0.3 is 19.9 Å². The molecule has 6 heteroatoms. The lowest BCUT2D eigenvalue weighted by molar-refractivity contribution is 0.357. The molecule has 2 aromatic rings. The second-order valence-corrected chi connectivity index (χ2v) is 6.92. The summed E-state index contributed by atoms with van der Waals surface area (Å²) in [4.78, 5) is 16.3. The third-order valence-electron chi connectivity index (χ3n) is 4.78. The predicted molar refractivity (Wildman–Crippen MR) is 113 cm³/mol. The van der Waals surface area contributed by atoms with Crippen molar-refractivity contribution in [3.63, 3.8) is 0 Å². The van der Waals surface area contributed by atoms with E-state index in [4.69, 9.17) is 4.74 Å². The van der Waals surface area contributed by atoms with Gasteiger partial charge in [-0.1, -0.05) is 18.2 Å². The first-order valence-corrected chi connectivity index (χ1v) is 10.2. The van der Waals surface area contributed by atoms with Crippen LogP contribution in [0.1, 0.15) is 30.9 Å². The fourth-order valence-corrected chi connectivity index (χ4v) is 3.29. The van der Waals surface area contributed by atoms with Crippen molar-refractivity contribution in [2.45, 2.75) is 39.2 Å². The Morgan fingerprint density at radius 2 is 2.14 bits per heavy atom. The molecule has 0 fully saturated rings. The highest BCUT2D eigenvalue weighted by Gasteiger charge is 2.11. The molecule has 1 aliphatic rings. The molecule has 0 unspecified atom stereocenters.